The van der Waals surface area contributed by atoms with Crippen LogP contribution in [0.1, 0.15) is 29.2 Å². The van der Waals surface area contributed by atoms with E-state index in [2.05, 4.69) is 20.5 Å². The molecular formula is C20H21N5O3. The number of hydrogen-bond donors (Lipinski definition) is 2. The average Bonchev–Trinajstić information content (AvgIpc) is 3.40. The number of aryl methyl sites for hydroxylation is 1. The number of carbonyl (C=O) groups excluding carboxylic acids is 2. The fraction of sp³-hybridized carbons (Fsp3) is 0.300. The topological polar surface area (TPSA) is 104 Å². The van der Waals surface area contributed by atoms with Gasteiger partial charge in [0.1, 0.15) is 5.82 Å². The standard InChI is InChI=1S/C20H21N5O3/c1-13-21-18(24-23-13)15-4-2-5-16(12-15)22-19(26)14-7-9-25(10-8-14)20(27)17-6-3-11-28-17/h2-6,11-12,14H,7-10H2,1H3,(H,22,26)(H,21,23,24). The summed E-state index contributed by atoms with van der Waals surface area (Å²) in [6, 6.07) is 10.8. The lowest BCUT2D eigenvalue weighted by Crippen LogP contribution is -2.41. The molecule has 2 aromatic heterocycles. The molecule has 1 aliphatic rings. The van der Waals surface area contributed by atoms with Crippen LogP contribution < -0.4 is 5.32 Å². The first-order valence-electron chi connectivity index (χ1n) is 9.23. The van der Waals surface area contributed by atoms with Crippen molar-refractivity contribution in [3.8, 4) is 11.4 Å². The van der Waals surface area contributed by atoms with Crippen LogP contribution in [0.3, 0.4) is 0 Å². The molecule has 2 N–H and O–H groups in total. The van der Waals surface area contributed by atoms with E-state index in [1.807, 2.05) is 31.2 Å². The molecular weight excluding hydrogens is 358 g/mol. The van der Waals surface area contributed by atoms with Crippen LogP contribution in [-0.2, 0) is 4.79 Å². The second kappa shape index (κ2) is 7.67. The van der Waals surface area contributed by atoms with E-state index in [9.17, 15) is 9.59 Å². The number of nitrogens with one attached hydrogen (secondary N) is 2. The predicted octanol–water partition coefficient (Wildman–Crippen LogP) is 2.86. The Labute approximate surface area is 162 Å². The van der Waals surface area contributed by atoms with E-state index in [1.54, 1.807) is 17.0 Å². The molecule has 1 fully saturated rings. The van der Waals surface area contributed by atoms with Gasteiger partial charge in [-0.15, -0.1) is 0 Å². The number of benzene rings is 1. The number of anilines is 1. The van der Waals surface area contributed by atoms with Gasteiger partial charge in [-0.05, 0) is 44.0 Å². The molecule has 1 saturated heterocycles. The van der Waals surface area contributed by atoms with Gasteiger partial charge < -0.3 is 14.6 Å². The highest BCUT2D eigenvalue weighted by Gasteiger charge is 2.28. The summed E-state index contributed by atoms with van der Waals surface area (Å²) in [5.41, 5.74) is 1.54. The van der Waals surface area contributed by atoms with Crippen LogP contribution in [0.5, 0.6) is 0 Å². The molecule has 144 valence electrons. The molecule has 0 aliphatic carbocycles. The van der Waals surface area contributed by atoms with Crippen LogP contribution in [0.2, 0.25) is 0 Å². The first-order chi connectivity index (χ1) is 13.6. The number of hydrogen-bond acceptors (Lipinski definition) is 5. The smallest absolute Gasteiger partial charge is 0.289 e. The molecule has 0 atom stereocenters. The molecule has 1 aliphatic heterocycles. The molecule has 8 nitrogen and oxygen atoms in total. The predicted molar refractivity (Wildman–Crippen MR) is 103 cm³/mol. The molecule has 0 saturated carbocycles. The minimum absolute atomic E-state index is 0.0339. The van der Waals surface area contributed by atoms with Gasteiger partial charge in [-0.3, -0.25) is 14.7 Å². The van der Waals surface area contributed by atoms with Gasteiger partial charge in [0, 0.05) is 30.3 Å². The van der Waals surface area contributed by atoms with Crippen molar-refractivity contribution in [1.29, 1.82) is 0 Å². The van der Waals surface area contributed by atoms with Gasteiger partial charge in [-0.1, -0.05) is 12.1 Å². The number of rotatable bonds is 4. The third-order valence-corrected chi connectivity index (χ3v) is 4.87. The van der Waals surface area contributed by atoms with Crippen molar-refractivity contribution in [2.75, 3.05) is 18.4 Å². The lowest BCUT2D eigenvalue weighted by molar-refractivity contribution is -0.121. The Morgan fingerprint density at radius 2 is 2.04 bits per heavy atom. The Bertz CT molecular complexity index is 971. The van der Waals surface area contributed by atoms with E-state index in [0.29, 0.717) is 43.2 Å². The molecule has 0 bridgehead atoms. The number of likely N-dealkylation sites (tertiary alicyclic amines) is 1. The van der Waals surface area contributed by atoms with E-state index in [1.165, 1.54) is 6.26 Å². The third kappa shape index (κ3) is 3.80. The number of aromatic nitrogens is 3. The summed E-state index contributed by atoms with van der Waals surface area (Å²) in [5, 5.41) is 9.94. The number of H-pyrrole nitrogens is 1. The zero-order valence-electron chi connectivity index (χ0n) is 15.5. The van der Waals surface area contributed by atoms with Crippen molar-refractivity contribution in [1.82, 2.24) is 20.1 Å². The minimum Gasteiger partial charge on any atom is -0.459 e. The Morgan fingerprint density at radius 3 is 2.71 bits per heavy atom. The monoisotopic (exact) mass is 379 g/mol. The highest BCUT2D eigenvalue weighted by Crippen LogP contribution is 2.23. The Morgan fingerprint density at radius 1 is 1.21 bits per heavy atom. The zero-order valence-corrected chi connectivity index (χ0v) is 15.5. The maximum atomic E-state index is 12.7. The maximum Gasteiger partial charge on any atom is 0.289 e. The Kier molecular flexibility index (Phi) is 4.92. The van der Waals surface area contributed by atoms with Crippen LogP contribution in [0.25, 0.3) is 11.4 Å². The van der Waals surface area contributed by atoms with Crippen molar-refractivity contribution >= 4 is 17.5 Å². The van der Waals surface area contributed by atoms with Crippen LogP contribution in [0, 0.1) is 12.8 Å². The van der Waals surface area contributed by atoms with Crippen LogP contribution >= 0.6 is 0 Å². The summed E-state index contributed by atoms with van der Waals surface area (Å²) < 4.78 is 5.17. The van der Waals surface area contributed by atoms with Gasteiger partial charge in [0.15, 0.2) is 11.6 Å². The molecule has 0 spiro atoms. The van der Waals surface area contributed by atoms with Crippen molar-refractivity contribution in [3.05, 3.63) is 54.2 Å². The second-order valence-electron chi connectivity index (χ2n) is 6.86. The minimum atomic E-state index is -0.130. The summed E-state index contributed by atoms with van der Waals surface area (Å²) in [5.74, 6) is 1.38. The quantitative estimate of drug-likeness (QED) is 0.725. The molecule has 28 heavy (non-hydrogen) atoms. The Hall–Kier alpha value is -3.42. The van der Waals surface area contributed by atoms with Gasteiger partial charge in [0.2, 0.25) is 5.91 Å². The molecule has 4 rings (SSSR count). The van der Waals surface area contributed by atoms with Gasteiger partial charge in [0.25, 0.3) is 5.91 Å². The fourth-order valence-electron chi connectivity index (χ4n) is 3.35. The molecule has 0 unspecified atom stereocenters. The van der Waals surface area contributed by atoms with Crippen LogP contribution in [0.15, 0.2) is 47.1 Å². The number of piperidine rings is 1. The maximum absolute atomic E-state index is 12.7. The van der Waals surface area contributed by atoms with Gasteiger partial charge >= 0.3 is 0 Å². The number of nitrogens with zero attached hydrogens (tertiary/aromatic N) is 3. The number of amides is 2. The average molecular weight is 379 g/mol. The summed E-state index contributed by atoms with van der Waals surface area (Å²) in [6.07, 6.45) is 2.73. The normalized spacial score (nSPS) is 14.8. The van der Waals surface area contributed by atoms with Crippen molar-refractivity contribution < 1.29 is 14.0 Å². The largest absolute Gasteiger partial charge is 0.459 e. The van der Waals surface area contributed by atoms with Gasteiger partial charge in [-0.25, -0.2) is 4.98 Å². The van der Waals surface area contributed by atoms with E-state index < -0.39 is 0 Å². The Balaban J connectivity index is 1.35. The first kappa shape index (κ1) is 18.0. The van der Waals surface area contributed by atoms with Gasteiger partial charge in [-0.2, -0.15) is 5.10 Å². The summed E-state index contributed by atoms with van der Waals surface area (Å²) >= 11 is 0. The molecule has 2 amide bonds. The number of furan rings is 1. The molecule has 1 aromatic carbocycles. The molecule has 0 radical (unpaired) electrons. The zero-order chi connectivity index (χ0) is 19.5. The molecule has 8 heteroatoms. The van der Waals surface area contributed by atoms with Gasteiger partial charge in [0.05, 0.1) is 6.26 Å². The number of carbonyl (C=O) groups is 2. The fourth-order valence-corrected chi connectivity index (χ4v) is 3.35. The molecule has 3 aromatic rings. The van der Waals surface area contributed by atoms with E-state index in [4.69, 9.17) is 4.42 Å². The van der Waals surface area contributed by atoms with Crippen LogP contribution in [-0.4, -0.2) is 45.0 Å². The summed E-state index contributed by atoms with van der Waals surface area (Å²) in [4.78, 5) is 31.0. The van der Waals surface area contributed by atoms with Crippen molar-refractivity contribution in [2.24, 2.45) is 5.92 Å². The van der Waals surface area contributed by atoms with Crippen LogP contribution in [0.4, 0.5) is 5.69 Å². The van der Waals surface area contributed by atoms with Crippen molar-refractivity contribution in [3.63, 3.8) is 0 Å². The lowest BCUT2D eigenvalue weighted by atomic mass is 9.95. The number of aromatic amines is 1. The van der Waals surface area contributed by atoms with E-state index in [-0.39, 0.29) is 17.7 Å². The van der Waals surface area contributed by atoms with E-state index in [0.717, 1.165) is 11.4 Å². The second-order valence-corrected chi connectivity index (χ2v) is 6.86. The summed E-state index contributed by atoms with van der Waals surface area (Å²) in [6.45, 7) is 2.91. The SMILES string of the molecule is Cc1nc(-c2cccc(NC(=O)C3CCN(C(=O)c4ccco4)CC3)c2)n[nH]1. The molecule has 3 heterocycles. The summed E-state index contributed by atoms with van der Waals surface area (Å²) in [7, 11) is 0. The highest BCUT2D eigenvalue weighted by molar-refractivity contribution is 5.94. The third-order valence-electron chi connectivity index (χ3n) is 4.87. The lowest BCUT2D eigenvalue weighted by Gasteiger charge is -2.30. The first-order valence-corrected chi connectivity index (χ1v) is 9.23. The highest BCUT2D eigenvalue weighted by atomic mass is 16.3. The van der Waals surface area contributed by atoms with E-state index >= 15 is 0 Å². The van der Waals surface area contributed by atoms with Crippen molar-refractivity contribution in [2.45, 2.75) is 19.8 Å².